The van der Waals surface area contributed by atoms with Crippen molar-refractivity contribution in [2.24, 2.45) is 5.73 Å². The highest BCUT2D eigenvalue weighted by Gasteiger charge is 2.22. The van der Waals surface area contributed by atoms with Crippen LogP contribution in [0, 0.1) is 11.6 Å². The second-order valence-corrected chi connectivity index (χ2v) is 3.50. The fourth-order valence-electron chi connectivity index (χ4n) is 1.23. The van der Waals surface area contributed by atoms with E-state index in [1.807, 2.05) is 0 Å². The van der Waals surface area contributed by atoms with E-state index in [1.54, 1.807) is 0 Å². The molecular formula is C9H6ClF2N3O2. The Hall–Kier alpha value is -1.73. The van der Waals surface area contributed by atoms with Gasteiger partial charge in [-0.3, -0.25) is 0 Å². The minimum absolute atomic E-state index is 0.0270. The third-order valence-electron chi connectivity index (χ3n) is 2.01. The number of rotatable bonds is 2. The lowest BCUT2D eigenvalue weighted by molar-refractivity contribution is 0.379. The lowest BCUT2D eigenvalue weighted by atomic mass is 10.1. The van der Waals surface area contributed by atoms with E-state index in [0.717, 1.165) is 0 Å². The molecule has 0 radical (unpaired) electrons. The molecule has 0 bridgehead atoms. The second-order valence-electron chi connectivity index (χ2n) is 3.09. The molecule has 0 saturated heterocycles. The number of nitrogens with two attached hydrogens (primary N) is 1. The molecule has 8 heteroatoms. The van der Waals surface area contributed by atoms with Crippen molar-refractivity contribution in [1.82, 2.24) is 10.1 Å². The number of phenolic OH excluding ortho intramolecular Hbond substituents is 1. The Balaban J connectivity index is 2.65. The minimum Gasteiger partial charge on any atom is -0.504 e. The molecule has 0 unspecified atom stereocenters. The van der Waals surface area contributed by atoms with Gasteiger partial charge in [0.1, 0.15) is 5.56 Å². The molecule has 2 rings (SSSR count). The molecule has 1 aromatic heterocycles. The Morgan fingerprint density at radius 1 is 1.47 bits per heavy atom. The van der Waals surface area contributed by atoms with Crippen LogP contribution in [0.4, 0.5) is 8.78 Å². The van der Waals surface area contributed by atoms with Gasteiger partial charge in [-0.2, -0.15) is 4.98 Å². The number of benzene rings is 1. The molecule has 1 heterocycles. The average Bonchev–Trinajstić information content (AvgIpc) is 2.75. The molecule has 0 spiro atoms. The third-order valence-corrected chi connectivity index (χ3v) is 2.29. The van der Waals surface area contributed by atoms with Gasteiger partial charge in [-0.25, -0.2) is 8.78 Å². The molecule has 90 valence electrons. The summed E-state index contributed by atoms with van der Waals surface area (Å²) in [7, 11) is 0. The monoisotopic (exact) mass is 261 g/mol. The van der Waals surface area contributed by atoms with Crippen LogP contribution in [0.1, 0.15) is 5.89 Å². The van der Waals surface area contributed by atoms with Gasteiger partial charge in [0.25, 0.3) is 0 Å². The van der Waals surface area contributed by atoms with Gasteiger partial charge in [-0.15, -0.1) is 0 Å². The number of nitrogens with zero attached hydrogens (tertiary/aromatic N) is 2. The number of halogens is 3. The van der Waals surface area contributed by atoms with Crippen molar-refractivity contribution in [3.63, 3.8) is 0 Å². The Morgan fingerprint density at radius 2 is 2.18 bits per heavy atom. The number of hydrogen-bond donors (Lipinski definition) is 2. The van der Waals surface area contributed by atoms with Gasteiger partial charge < -0.3 is 15.4 Å². The predicted molar refractivity (Wildman–Crippen MR) is 54.2 cm³/mol. The highest BCUT2D eigenvalue weighted by Crippen LogP contribution is 2.36. The van der Waals surface area contributed by atoms with Crippen LogP contribution in [0.15, 0.2) is 10.6 Å². The minimum atomic E-state index is -1.08. The van der Waals surface area contributed by atoms with E-state index < -0.39 is 28.0 Å². The SMILES string of the molecule is NCc1nc(-c2c(O)c(F)cc(Cl)c2F)no1. The first-order valence-corrected chi connectivity index (χ1v) is 4.82. The van der Waals surface area contributed by atoms with Crippen molar-refractivity contribution in [3.8, 4) is 17.1 Å². The Labute approximate surface area is 98.8 Å². The van der Waals surface area contributed by atoms with Crippen LogP contribution in [-0.2, 0) is 6.54 Å². The van der Waals surface area contributed by atoms with Crippen molar-refractivity contribution >= 4 is 11.6 Å². The zero-order valence-electron chi connectivity index (χ0n) is 8.25. The number of aromatic nitrogens is 2. The molecule has 0 aliphatic carbocycles. The summed E-state index contributed by atoms with van der Waals surface area (Å²) >= 11 is 5.44. The number of aromatic hydroxyl groups is 1. The third kappa shape index (κ3) is 1.94. The number of phenols is 1. The molecule has 2 aromatic rings. The van der Waals surface area contributed by atoms with Gasteiger partial charge in [0.05, 0.1) is 11.6 Å². The topological polar surface area (TPSA) is 85.2 Å². The van der Waals surface area contributed by atoms with Gasteiger partial charge in [0.2, 0.25) is 11.7 Å². The fraction of sp³-hybridized carbons (Fsp3) is 0.111. The van der Waals surface area contributed by atoms with E-state index >= 15 is 0 Å². The summed E-state index contributed by atoms with van der Waals surface area (Å²) in [6.45, 7) is -0.0571. The van der Waals surface area contributed by atoms with Crippen LogP contribution in [0.3, 0.4) is 0 Å². The highest BCUT2D eigenvalue weighted by atomic mass is 35.5. The molecule has 0 atom stereocenters. The van der Waals surface area contributed by atoms with Crippen molar-refractivity contribution in [1.29, 1.82) is 0 Å². The first-order chi connectivity index (χ1) is 8.04. The fourth-order valence-corrected chi connectivity index (χ4v) is 1.42. The summed E-state index contributed by atoms with van der Waals surface area (Å²) in [5, 5.41) is 12.3. The molecule has 0 amide bonds. The summed E-state index contributed by atoms with van der Waals surface area (Å²) in [5.41, 5.74) is 4.67. The van der Waals surface area contributed by atoms with Crippen molar-refractivity contribution in [2.45, 2.75) is 6.54 Å². The van der Waals surface area contributed by atoms with E-state index in [-0.39, 0.29) is 18.3 Å². The molecule has 0 fully saturated rings. The molecule has 0 saturated carbocycles. The van der Waals surface area contributed by atoms with Crippen LogP contribution in [0.5, 0.6) is 5.75 Å². The molecule has 17 heavy (non-hydrogen) atoms. The Kier molecular flexibility index (Phi) is 2.95. The Morgan fingerprint density at radius 3 is 2.76 bits per heavy atom. The van der Waals surface area contributed by atoms with Crippen LogP contribution < -0.4 is 5.73 Å². The van der Waals surface area contributed by atoms with Crippen molar-refractivity contribution < 1.29 is 18.4 Å². The first kappa shape index (κ1) is 11.7. The number of hydrogen-bond acceptors (Lipinski definition) is 5. The summed E-state index contributed by atoms with van der Waals surface area (Å²) < 4.78 is 31.4. The summed E-state index contributed by atoms with van der Waals surface area (Å²) in [5.74, 6) is -3.34. The molecule has 0 aliphatic heterocycles. The van der Waals surface area contributed by atoms with E-state index in [1.165, 1.54) is 0 Å². The molecule has 3 N–H and O–H groups in total. The lowest BCUT2D eigenvalue weighted by Crippen LogP contribution is -1.96. The average molecular weight is 262 g/mol. The highest BCUT2D eigenvalue weighted by molar-refractivity contribution is 6.31. The summed E-state index contributed by atoms with van der Waals surface area (Å²) in [6, 6.07) is 0.652. The summed E-state index contributed by atoms with van der Waals surface area (Å²) in [4.78, 5) is 3.67. The van der Waals surface area contributed by atoms with Crippen LogP contribution in [-0.4, -0.2) is 15.2 Å². The van der Waals surface area contributed by atoms with Crippen LogP contribution >= 0.6 is 11.6 Å². The van der Waals surface area contributed by atoms with E-state index in [9.17, 15) is 13.9 Å². The normalized spacial score (nSPS) is 10.8. The molecule has 0 aliphatic rings. The lowest BCUT2D eigenvalue weighted by Gasteiger charge is -2.04. The van der Waals surface area contributed by atoms with Gasteiger partial charge in [0.15, 0.2) is 17.4 Å². The second kappa shape index (κ2) is 4.27. The zero-order valence-corrected chi connectivity index (χ0v) is 9.00. The first-order valence-electron chi connectivity index (χ1n) is 4.44. The zero-order chi connectivity index (χ0) is 12.6. The van der Waals surface area contributed by atoms with Gasteiger partial charge in [-0.1, -0.05) is 16.8 Å². The molecular weight excluding hydrogens is 256 g/mol. The van der Waals surface area contributed by atoms with Crippen LogP contribution in [0.2, 0.25) is 5.02 Å². The largest absolute Gasteiger partial charge is 0.504 e. The van der Waals surface area contributed by atoms with Crippen LogP contribution in [0.25, 0.3) is 11.4 Å². The standard InChI is InChI=1S/C9H6ClF2N3O2/c10-3-1-4(11)8(16)6(7(3)12)9-14-5(2-13)17-15-9/h1,16H,2,13H2. The van der Waals surface area contributed by atoms with E-state index in [2.05, 4.69) is 14.7 Å². The van der Waals surface area contributed by atoms with Gasteiger partial charge in [0, 0.05) is 0 Å². The maximum atomic E-state index is 13.6. The molecule has 1 aromatic carbocycles. The Bertz CT molecular complexity index is 547. The van der Waals surface area contributed by atoms with Gasteiger partial charge in [-0.05, 0) is 6.07 Å². The maximum Gasteiger partial charge on any atom is 0.240 e. The van der Waals surface area contributed by atoms with Crippen molar-refractivity contribution in [2.75, 3.05) is 0 Å². The van der Waals surface area contributed by atoms with Crippen molar-refractivity contribution in [3.05, 3.63) is 28.6 Å². The van der Waals surface area contributed by atoms with Gasteiger partial charge >= 0.3 is 0 Å². The quantitative estimate of drug-likeness (QED) is 0.806. The van der Waals surface area contributed by atoms with E-state index in [4.69, 9.17) is 17.3 Å². The maximum absolute atomic E-state index is 13.6. The van der Waals surface area contributed by atoms with E-state index in [0.29, 0.717) is 6.07 Å². The smallest absolute Gasteiger partial charge is 0.240 e. The predicted octanol–water partition coefficient (Wildman–Crippen LogP) is 1.83. The summed E-state index contributed by atoms with van der Waals surface area (Å²) in [6.07, 6.45) is 0. The molecule has 5 nitrogen and oxygen atoms in total.